The van der Waals surface area contributed by atoms with Crippen molar-refractivity contribution < 1.29 is 4.74 Å². The topological polar surface area (TPSA) is 21.3 Å². The predicted molar refractivity (Wildman–Crippen MR) is 72.3 cm³/mol. The lowest BCUT2D eigenvalue weighted by molar-refractivity contribution is 0.250. The molecule has 0 bridgehead atoms. The molecule has 0 radical (unpaired) electrons. The first-order valence-corrected chi connectivity index (χ1v) is 7.25. The molecule has 0 spiro atoms. The van der Waals surface area contributed by atoms with Crippen LogP contribution in [0.1, 0.15) is 37.8 Å². The third-order valence-electron chi connectivity index (χ3n) is 3.87. The van der Waals surface area contributed by atoms with Crippen molar-refractivity contribution in [1.29, 1.82) is 0 Å². The highest BCUT2D eigenvalue weighted by Crippen LogP contribution is 2.39. The van der Waals surface area contributed by atoms with Crippen molar-refractivity contribution in [1.82, 2.24) is 5.32 Å². The molecule has 1 aliphatic heterocycles. The lowest BCUT2D eigenvalue weighted by Crippen LogP contribution is -2.29. The molecule has 2 nitrogen and oxygen atoms in total. The minimum absolute atomic E-state index is 0.470. The van der Waals surface area contributed by atoms with Crippen LogP contribution in [0, 0.1) is 5.92 Å². The molecule has 3 rings (SSSR count). The quantitative estimate of drug-likeness (QED) is 0.919. The number of rotatable bonds is 3. The van der Waals surface area contributed by atoms with Gasteiger partial charge in [-0.15, -0.1) is 0 Å². The molecule has 0 amide bonds. The molecule has 1 N–H and O–H groups in total. The first-order chi connectivity index (χ1) is 8.28. The first-order valence-electron chi connectivity index (χ1n) is 6.46. The van der Waals surface area contributed by atoms with Crippen LogP contribution in [0.2, 0.25) is 0 Å². The molecule has 0 aromatic heterocycles. The number of hydrogen-bond donors (Lipinski definition) is 1. The molecule has 0 saturated heterocycles. The van der Waals surface area contributed by atoms with Crippen molar-refractivity contribution >= 4 is 15.9 Å². The molecule has 1 aromatic rings. The Morgan fingerprint density at radius 2 is 2.35 bits per heavy atom. The van der Waals surface area contributed by atoms with Crippen molar-refractivity contribution in [3.05, 3.63) is 28.2 Å². The van der Waals surface area contributed by atoms with Gasteiger partial charge in [0.25, 0.3) is 0 Å². The predicted octanol–water partition coefficient (Wildman–Crippen LogP) is 3.66. The monoisotopic (exact) mass is 295 g/mol. The zero-order chi connectivity index (χ0) is 11.8. The second-order valence-electron chi connectivity index (χ2n) is 5.05. The molecule has 1 saturated carbocycles. The fourth-order valence-corrected chi connectivity index (χ4v) is 3.08. The van der Waals surface area contributed by atoms with E-state index < -0.39 is 0 Å². The van der Waals surface area contributed by atoms with E-state index in [2.05, 4.69) is 40.3 Å². The second-order valence-corrected chi connectivity index (χ2v) is 5.96. The molecule has 92 valence electrons. The second kappa shape index (κ2) is 4.62. The van der Waals surface area contributed by atoms with E-state index in [1.165, 1.54) is 18.4 Å². The fourth-order valence-electron chi connectivity index (χ4n) is 2.70. The van der Waals surface area contributed by atoms with Crippen LogP contribution in [0.15, 0.2) is 22.7 Å². The molecule has 1 fully saturated rings. The summed E-state index contributed by atoms with van der Waals surface area (Å²) in [6, 6.07) is 7.51. The van der Waals surface area contributed by atoms with Crippen LogP contribution in [-0.4, -0.2) is 12.6 Å². The molecule has 3 atom stereocenters. The van der Waals surface area contributed by atoms with Crippen molar-refractivity contribution in [2.45, 2.75) is 38.3 Å². The summed E-state index contributed by atoms with van der Waals surface area (Å²) in [5.41, 5.74) is 1.31. The number of hydrogen-bond acceptors (Lipinski definition) is 2. The third kappa shape index (κ3) is 2.36. The van der Waals surface area contributed by atoms with E-state index >= 15 is 0 Å². The lowest BCUT2D eigenvalue weighted by Gasteiger charge is -2.27. The van der Waals surface area contributed by atoms with Gasteiger partial charge in [-0.1, -0.05) is 29.3 Å². The molecular weight excluding hydrogens is 278 g/mol. The summed E-state index contributed by atoms with van der Waals surface area (Å²) < 4.78 is 6.84. The highest BCUT2D eigenvalue weighted by atomic mass is 79.9. The maximum Gasteiger partial charge on any atom is 0.124 e. The van der Waals surface area contributed by atoms with Gasteiger partial charge in [-0.3, -0.25) is 0 Å². The SMILES string of the molecule is CCC1CC1NC1CCOc2ccc(Br)cc21. The Morgan fingerprint density at radius 1 is 1.47 bits per heavy atom. The molecule has 2 aliphatic rings. The van der Waals surface area contributed by atoms with Gasteiger partial charge in [0.15, 0.2) is 0 Å². The van der Waals surface area contributed by atoms with Gasteiger partial charge < -0.3 is 10.1 Å². The Balaban J connectivity index is 1.77. The average Bonchev–Trinajstić information content (AvgIpc) is 3.08. The summed E-state index contributed by atoms with van der Waals surface area (Å²) in [6.07, 6.45) is 3.72. The van der Waals surface area contributed by atoms with Crippen LogP contribution in [0.5, 0.6) is 5.75 Å². The van der Waals surface area contributed by atoms with Gasteiger partial charge in [-0.2, -0.15) is 0 Å². The van der Waals surface area contributed by atoms with Gasteiger partial charge >= 0.3 is 0 Å². The standard InChI is InChI=1S/C14H18BrNO/c1-2-9-7-13(9)16-12-5-6-17-14-4-3-10(15)8-11(12)14/h3-4,8-9,12-13,16H,2,5-7H2,1H3. The van der Waals surface area contributed by atoms with Crippen molar-refractivity contribution in [2.75, 3.05) is 6.61 Å². The average molecular weight is 296 g/mol. The smallest absolute Gasteiger partial charge is 0.124 e. The van der Waals surface area contributed by atoms with E-state index in [-0.39, 0.29) is 0 Å². The van der Waals surface area contributed by atoms with Crippen LogP contribution >= 0.6 is 15.9 Å². The number of ether oxygens (including phenoxy) is 1. The highest BCUT2D eigenvalue weighted by molar-refractivity contribution is 9.10. The molecule has 3 unspecified atom stereocenters. The maximum absolute atomic E-state index is 5.70. The molecule has 1 aromatic carbocycles. The summed E-state index contributed by atoms with van der Waals surface area (Å²) in [6.45, 7) is 3.11. The Kier molecular flexibility index (Phi) is 3.14. The summed E-state index contributed by atoms with van der Waals surface area (Å²) >= 11 is 3.54. The van der Waals surface area contributed by atoms with E-state index in [1.54, 1.807) is 0 Å². The van der Waals surface area contributed by atoms with E-state index in [4.69, 9.17) is 4.74 Å². The van der Waals surface area contributed by atoms with Crippen molar-refractivity contribution in [3.63, 3.8) is 0 Å². The summed E-state index contributed by atoms with van der Waals surface area (Å²) in [5, 5.41) is 3.78. The number of nitrogens with one attached hydrogen (secondary N) is 1. The molecular formula is C14H18BrNO. The minimum atomic E-state index is 0.470. The Hall–Kier alpha value is -0.540. The van der Waals surface area contributed by atoms with Gasteiger partial charge in [-0.05, 0) is 30.5 Å². The van der Waals surface area contributed by atoms with E-state index in [9.17, 15) is 0 Å². The summed E-state index contributed by atoms with van der Waals surface area (Å²) in [4.78, 5) is 0. The number of fused-ring (bicyclic) bond motifs is 1. The zero-order valence-corrected chi connectivity index (χ0v) is 11.7. The third-order valence-corrected chi connectivity index (χ3v) is 4.37. The number of halogens is 1. The Labute approximate surface area is 111 Å². The normalized spacial score (nSPS) is 30.6. The van der Waals surface area contributed by atoms with Crippen molar-refractivity contribution in [2.24, 2.45) is 5.92 Å². The molecule has 17 heavy (non-hydrogen) atoms. The van der Waals surface area contributed by atoms with Crippen LogP contribution in [0.4, 0.5) is 0 Å². The highest BCUT2D eigenvalue weighted by Gasteiger charge is 2.37. The first kappa shape index (κ1) is 11.5. The fraction of sp³-hybridized carbons (Fsp3) is 0.571. The Morgan fingerprint density at radius 3 is 3.12 bits per heavy atom. The van der Waals surface area contributed by atoms with Gasteiger partial charge in [0.1, 0.15) is 5.75 Å². The van der Waals surface area contributed by atoms with E-state index in [0.29, 0.717) is 6.04 Å². The molecule has 3 heteroatoms. The van der Waals surface area contributed by atoms with E-state index in [1.807, 2.05) is 6.07 Å². The van der Waals surface area contributed by atoms with Gasteiger partial charge in [-0.25, -0.2) is 0 Å². The number of benzene rings is 1. The Bertz CT molecular complexity index is 421. The van der Waals surface area contributed by atoms with Gasteiger partial charge in [0.05, 0.1) is 6.61 Å². The summed E-state index contributed by atoms with van der Waals surface area (Å²) in [7, 11) is 0. The lowest BCUT2D eigenvalue weighted by atomic mass is 10.0. The maximum atomic E-state index is 5.70. The molecule has 1 heterocycles. The zero-order valence-electron chi connectivity index (χ0n) is 10.1. The van der Waals surface area contributed by atoms with Crippen LogP contribution in [0.3, 0.4) is 0 Å². The van der Waals surface area contributed by atoms with Crippen molar-refractivity contribution in [3.8, 4) is 5.75 Å². The van der Waals surface area contributed by atoms with E-state index in [0.717, 1.165) is 35.2 Å². The summed E-state index contributed by atoms with van der Waals surface area (Å²) in [5.74, 6) is 1.94. The largest absolute Gasteiger partial charge is 0.493 e. The van der Waals surface area contributed by atoms with Crippen LogP contribution in [0.25, 0.3) is 0 Å². The molecule has 1 aliphatic carbocycles. The van der Waals surface area contributed by atoms with Gasteiger partial charge in [0, 0.05) is 28.5 Å². The van der Waals surface area contributed by atoms with Crippen LogP contribution in [-0.2, 0) is 0 Å². The van der Waals surface area contributed by atoms with Crippen LogP contribution < -0.4 is 10.1 Å². The van der Waals surface area contributed by atoms with Gasteiger partial charge in [0.2, 0.25) is 0 Å². The minimum Gasteiger partial charge on any atom is -0.493 e.